The number of piperazine rings is 1. The summed E-state index contributed by atoms with van der Waals surface area (Å²) in [7, 11) is 5.14. The van der Waals surface area contributed by atoms with Gasteiger partial charge in [-0.05, 0) is 42.9 Å². The Labute approximate surface area is 242 Å². The molecule has 0 aliphatic carbocycles. The highest BCUT2D eigenvalue weighted by atomic mass is 19.1. The number of anilines is 3. The summed E-state index contributed by atoms with van der Waals surface area (Å²) in [6.07, 6.45) is 4.78. The molecule has 0 atom stereocenters. The number of aromatic nitrogens is 2. The maximum atomic E-state index is 14.5. The smallest absolute Gasteiger partial charge is 0.248 e. The van der Waals surface area contributed by atoms with Gasteiger partial charge in [0.2, 0.25) is 5.91 Å². The maximum absolute atomic E-state index is 14.5. The molecule has 1 aliphatic heterocycles. The molecule has 4 aromatic rings. The Kier molecular flexibility index (Phi) is 8.89. The first-order valence-corrected chi connectivity index (χ1v) is 13.5. The largest absolute Gasteiger partial charge is 0.495 e. The zero-order valence-electron chi connectivity index (χ0n) is 23.7. The second-order valence-electron chi connectivity index (χ2n) is 9.95. The Bertz CT molecular complexity index is 1620. The van der Waals surface area contributed by atoms with Gasteiger partial charge in [0.25, 0.3) is 0 Å². The van der Waals surface area contributed by atoms with Crippen molar-refractivity contribution in [3.63, 3.8) is 0 Å². The number of hydrogen-bond acceptors (Lipinski definition) is 8. The summed E-state index contributed by atoms with van der Waals surface area (Å²) in [5, 5.41) is 6.75. The van der Waals surface area contributed by atoms with Crippen molar-refractivity contribution in [2.75, 3.05) is 64.6 Å². The van der Waals surface area contributed by atoms with Crippen LogP contribution in [0.5, 0.6) is 11.5 Å². The SMILES string of the molecule is COc1cc2ncnc(Nc3cc(-c4ccc(F)cc4F)ccc3OC)c2cc1NC(=O)/C=C/CN1CCN(C)CC1. The summed E-state index contributed by atoms with van der Waals surface area (Å²) in [4.78, 5) is 26.1. The summed E-state index contributed by atoms with van der Waals surface area (Å²) in [5.74, 6) is -0.259. The quantitative estimate of drug-likeness (QED) is 0.268. The molecule has 5 rings (SSSR count). The lowest BCUT2D eigenvalue weighted by atomic mass is 10.0. The number of hydrogen-bond donors (Lipinski definition) is 2. The molecule has 3 aromatic carbocycles. The summed E-state index contributed by atoms with van der Waals surface area (Å²) in [6.45, 7) is 4.63. The molecule has 1 aromatic heterocycles. The number of methoxy groups -OCH3 is 2. The molecule has 1 saturated heterocycles. The van der Waals surface area contributed by atoms with Gasteiger partial charge in [-0.3, -0.25) is 9.69 Å². The van der Waals surface area contributed by atoms with Crippen LogP contribution >= 0.6 is 0 Å². The molecule has 0 bridgehead atoms. The summed E-state index contributed by atoms with van der Waals surface area (Å²) in [5.41, 5.74) is 2.29. The van der Waals surface area contributed by atoms with E-state index in [9.17, 15) is 13.6 Å². The van der Waals surface area contributed by atoms with E-state index in [0.29, 0.717) is 51.7 Å². The lowest BCUT2D eigenvalue weighted by Gasteiger charge is -2.31. The van der Waals surface area contributed by atoms with E-state index in [4.69, 9.17) is 9.47 Å². The average molecular weight is 575 g/mol. The molecule has 0 radical (unpaired) electrons. The number of carbonyl (C=O) groups is 1. The van der Waals surface area contributed by atoms with Gasteiger partial charge < -0.3 is 25.0 Å². The number of rotatable bonds is 9. The number of amides is 1. The van der Waals surface area contributed by atoms with Crippen LogP contribution in [0.15, 0.2) is 67.0 Å². The molecule has 0 spiro atoms. The Morgan fingerprint density at radius 1 is 0.952 bits per heavy atom. The normalized spacial score (nSPS) is 14.3. The number of halogens is 2. The molecule has 2 N–H and O–H groups in total. The van der Waals surface area contributed by atoms with Gasteiger partial charge in [-0.2, -0.15) is 0 Å². The third-order valence-electron chi connectivity index (χ3n) is 7.14. The van der Waals surface area contributed by atoms with Crippen molar-refractivity contribution < 1.29 is 23.0 Å². The Morgan fingerprint density at radius 2 is 1.74 bits per heavy atom. The number of nitrogens with zero attached hydrogens (tertiary/aromatic N) is 4. The maximum Gasteiger partial charge on any atom is 0.248 e. The van der Waals surface area contributed by atoms with Crippen LogP contribution in [0.3, 0.4) is 0 Å². The molecule has 9 nitrogen and oxygen atoms in total. The minimum Gasteiger partial charge on any atom is -0.495 e. The minimum atomic E-state index is -0.677. The van der Waals surface area contributed by atoms with E-state index in [-0.39, 0.29) is 11.5 Å². The highest BCUT2D eigenvalue weighted by Crippen LogP contribution is 2.37. The van der Waals surface area contributed by atoms with Crippen LogP contribution in [0.4, 0.5) is 26.0 Å². The molecule has 42 heavy (non-hydrogen) atoms. The fourth-order valence-electron chi connectivity index (χ4n) is 4.79. The number of likely N-dealkylation sites (N-methyl/N-ethyl adjacent to an activating group) is 1. The van der Waals surface area contributed by atoms with Gasteiger partial charge in [0, 0.05) is 61.9 Å². The molecule has 218 valence electrons. The van der Waals surface area contributed by atoms with E-state index in [2.05, 4.69) is 37.4 Å². The molecular weight excluding hydrogens is 542 g/mol. The molecule has 11 heteroatoms. The topological polar surface area (TPSA) is 91.8 Å². The van der Waals surface area contributed by atoms with Gasteiger partial charge in [0.1, 0.15) is 35.3 Å². The van der Waals surface area contributed by atoms with Crippen molar-refractivity contribution in [1.82, 2.24) is 19.8 Å². The highest BCUT2D eigenvalue weighted by Gasteiger charge is 2.16. The lowest BCUT2D eigenvalue weighted by Crippen LogP contribution is -2.44. The van der Waals surface area contributed by atoms with Crippen LogP contribution in [-0.2, 0) is 4.79 Å². The number of benzene rings is 3. The molecule has 1 amide bonds. The molecule has 2 heterocycles. The molecule has 1 fully saturated rings. The van der Waals surface area contributed by atoms with Gasteiger partial charge in [0.15, 0.2) is 0 Å². The predicted molar refractivity (Wildman–Crippen MR) is 159 cm³/mol. The van der Waals surface area contributed by atoms with Crippen LogP contribution in [0, 0.1) is 11.6 Å². The predicted octanol–water partition coefficient (Wildman–Crippen LogP) is 5.08. The average Bonchev–Trinajstić information content (AvgIpc) is 2.98. The second kappa shape index (κ2) is 12.9. The van der Waals surface area contributed by atoms with Crippen LogP contribution in [0.2, 0.25) is 0 Å². The third-order valence-corrected chi connectivity index (χ3v) is 7.14. The lowest BCUT2D eigenvalue weighted by molar-refractivity contribution is -0.111. The third kappa shape index (κ3) is 6.64. The molecular formula is C31H32F2N6O3. The van der Waals surface area contributed by atoms with E-state index in [1.807, 2.05) is 6.08 Å². The van der Waals surface area contributed by atoms with Crippen molar-refractivity contribution in [1.29, 1.82) is 0 Å². The van der Waals surface area contributed by atoms with Gasteiger partial charge in [-0.15, -0.1) is 0 Å². The van der Waals surface area contributed by atoms with E-state index < -0.39 is 11.6 Å². The molecule has 1 aliphatic rings. The Balaban J connectivity index is 1.41. The van der Waals surface area contributed by atoms with Gasteiger partial charge in [-0.25, -0.2) is 18.7 Å². The minimum absolute atomic E-state index is 0.241. The number of ether oxygens (including phenoxy) is 2. The van der Waals surface area contributed by atoms with E-state index in [1.54, 1.807) is 30.3 Å². The van der Waals surface area contributed by atoms with E-state index in [1.165, 1.54) is 38.8 Å². The Hall–Kier alpha value is -4.61. The molecule has 0 saturated carbocycles. The van der Waals surface area contributed by atoms with Gasteiger partial charge in [-0.1, -0.05) is 12.1 Å². The van der Waals surface area contributed by atoms with Crippen molar-refractivity contribution in [3.05, 3.63) is 78.6 Å². The first-order chi connectivity index (χ1) is 20.3. The zero-order valence-corrected chi connectivity index (χ0v) is 23.7. The first kappa shape index (κ1) is 28.9. The molecule has 0 unspecified atom stereocenters. The van der Waals surface area contributed by atoms with Gasteiger partial charge >= 0.3 is 0 Å². The van der Waals surface area contributed by atoms with E-state index in [0.717, 1.165) is 32.2 Å². The second-order valence-corrected chi connectivity index (χ2v) is 9.95. The number of nitrogens with one attached hydrogen (secondary N) is 2. The fourth-order valence-corrected chi connectivity index (χ4v) is 4.79. The number of fused-ring (bicyclic) bond motifs is 1. The van der Waals surface area contributed by atoms with Crippen LogP contribution in [0.1, 0.15) is 0 Å². The standard InChI is InChI=1S/C31H32F2N6O3/c1-38-11-13-39(14-12-38)10-4-5-30(40)36-27-17-23-25(18-29(27)42-3)34-19-35-31(23)37-26-15-20(6-9-28(26)41-2)22-8-7-21(32)16-24(22)33/h4-9,15-19H,10-14H2,1-3H3,(H,36,40)(H,34,35,37)/b5-4+. The monoisotopic (exact) mass is 574 g/mol. The summed E-state index contributed by atoms with van der Waals surface area (Å²) >= 11 is 0. The fraction of sp³-hybridized carbons (Fsp3) is 0.258. The van der Waals surface area contributed by atoms with Gasteiger partial charge in [0.05, 0.1) is 31.1 Å². The summed E-state index contributed by atoms with van der Waals surface area (Å²) < 4.78 is 39.1. The van der Waals surface area contributed by atoms with Crippen molar-refractivity contribution in [3.8, 4) is 22.6 Å². The van der Waals surface area contributed by atoms with Crippen molar-refractivity contribution in [2.45, 2.75) is 0 Å². The van der Waals surface area contributed by atoms with E-state index >= 15 is 0 Å². The van der Waals surface area contributed by atoms with Crippen LogP contribution < -0.4 is 20.1 Å². The summed E-state index contributed by atoms with van der Waals surface area (Å²) in [6, 6.07) is 12.0. The Morgan fingerprint density at radius 3 is 2.48 bits per heavy atom. The highest BCUT2D eigenvalue weighted by molar-refractivity contribution is 6.03. The van der Waals surface area contributed by atoms with Crippen LogP contribution in [-0.4, -0.2) is 79.7 Å². The van der Waals surface area contributed by atoms with Crippen molar-refractivity contribution in [2.24, 2.45) is 0 Å². The van der Waals surface area contributed by atoms with Crippen molar-refractivity contribution >= 4 is 34.0 Å². The zero-order chi connectivity index (χ0) is 29.6. The first-order valence-electron chi connectivity index (χ1n) is 13.5. The van der Waals surface area contributed by atoms with Crippen LogP contribution in [0.25, 0.3) is 22.0 Å². The number of carbonyl (C=O) groups excluding carboxylic acids is 1.